The van der Waals surface area contributed by atoms with Crippen molar-refractivity contribution in [1.82, 2.24) is 19.9 Å². The Morgan fingerprint density at radius 1 is 1.07 bits per heavy atom. The molecule has 0 aliphatic heterocycles. The van der Waals surface area contributed by atoms with Gasteiger partial charge in [0.25, 0.3) is 0 Å². The average molecular weight is 538 g/mol. The van der Waals surface area contributed by atoms with Crippen molar-refractivity contribution in [3.8, 4) is 34.0 Å². The van der Waals surface area contributed by atoms with E-state index in [4.69, 9.17) is 14.4 Å². The number of carbonyl (C=O) groups is 1. The summed E-state index contributed by atoms with van der Waals surface area (Å²) in [6.45, 7) is 0. The van der Waals surface area contributed by atoms with Crippen LogP contribution >= 0.6 is 0 Å². The maximum Gasteiger partial charge on any atom is 0.309 e. The second-order valence-electron chi connectivity index (χ2n) is 10.9. The Balaban J connectivity index is 1.35. The molecule has 3 N–H and O–H groups in total. The van der Waals surface area contributed by atoms with Crippen LogP contribution in [-0.2, 0) is 4.79 Å². The third-order valence-electron chi connectivity index (χ3n) is 8.53. The molecule has 40 heavy (non-hydrogen) atoms. The fourth-order valence-electron chi connectivity index (χ4n) is 6.79. The first-order chi connectivity index (χ1) is 19.5. The van der Waals surface area contributed by atoms with Crippen LogP contribution in [0.3, 0.4) is 0 Å². The lowest BCUT2D eigenvalue weighted by atomic mass is 9.59. The number of hydrogen-bond donors (Lipinski definition) is 3. The summed E-state index contributed by atoms with van der Waals surface area (Å²) in [6, 6.07) is 15.1. The van der Waals surface area contributed by atoms with Crippen molar-refractivity contribution >= 4 is 22.8 Å². The molecule has 4 heterocycles. The number of aromatic nitrogens is 4. The highest BCUT2D eigenvalue weighted by molar-refractivity contribution is 5.92. The molecule has 0 saturated heterocycles. The van der Waals surface area contributed by atoms with E-state index in [1.165, 1.54) is 6.07 Å². The van der Waals surface area contributed by atoms with Crippen LogP contribution in [0.1, 0.15) is 38.5 Å². The van der Waals surface area contributed by atoms with Crippen molar-refractivity contribution in [1.29, 1.82) is 0 Å². The Morgan fingerprint density at radius 3 is 2.65 bits per heavy atom. The van der Waals surface area contributed by atoms with Gasteiger partial charge in [-0.3, -0.25) is 4.79 Å². The van der Waals surface area contributed by atoms with Gasteiger partial charge in [0.1, 0.15) is 23.0 Å². The van der Waals surface area contributed by atoms with Gasteiger partial charge in [0.15, 0.2) is 11.6 Å². The minimum atomic E-state index is -0.761. The third-order valence-corrected chi connectivity index (χ3v) is 8.53. The van der Waals surface area contributed by atoms with E-state index in [0.717, 1.165) is 55.8 Å². The normalized spacial score (nSPS) is 22.3. The summed E-state index contributed by atoms with van der Waals surface area (Å²) in [6.07, 6.45) is 9.90. The number of fused-ring (bicyclic) bond motifs is 3. The van der Waals surface area contributed by atoms with Crippen molar-refractivity contribution in [3.63, 3.8) is 0 Å². The lowest BCUT2D eigenvalue weighted by Gasteiger charge is -2.50. The summed E-state index contributed by atoms with van der Waals surface area (Å²) in [5.74, 6) is -0.130. The number of pyridine rings is 1. The highest BCUT2D eigenvalue weighted by atomic mass is 19.1. The molecule has 4 aromatic heterocycles. The van der Waals surface area contributed by atoms with E-state index in [1.807, 2.05) is 42.5 Å². The smallest absolute Gasteiger partial charge is 0.309 e. The summed E-state index contributed by atoms with van der Waals surface area (Å²) >= 11 is 0. The quantitative estimate of drug-likeness (QED) is 0.215. The molecule has 0 spiro atoms. The van der Waals surface area contributed by atoms with Gasteiger partial charge >= 0.3 is 5.97 Å². The Hall–Kier alpha value is -4.53. The first-order valence-electron chi connectivity index (χ1n) is 13.7. The number of H-pyrrole nitrogens is 1. The molecule has 2 saturated carbocycles. The molecule has 202 valence electrons. The van der Waals surface area contributed by atoms with Crippen LogP contribution in [0, 0.1) is 17.7 Å². The first kappa shape index (κ1) is 24.5. The first-order valence-corrected chi connectivity index (χ1v) is 13.7. The standard InChI is InChI=1S/C31H28FN5O3/c32-21-13-22-23(16-34-28(22)33-15-21)29-35-24(25-12-20(17-40-25)18-6-2-1-3-7-18)14-26(36-29)37-31-10-4-8-19(9-5-11-31)27(31)30(38)39/h1-3,6-7,12-17,19,27H,4-5,8-11H2,(H,33,34)(H,38,39)(H,35,36,37). The summed E-state index contributed by atoms with van der Waals surface area (Å²) < 4.78 is 20.1. The predicted molar refractivity (Wildman–Crippen MR) is 149 cm³/mol. The van der Waals surface area contributed by atoms with Gasteiger partial charge in [-0.1, -0.05) is 43.2 Å². The molecule has 8 nitrogen and oxygen atoms in total. The highest BCUT2D eigenvalue weighted by Crippen LogP contribution is 2.49. The molecule has 7 rings (SSSR count). The largest absolute Gasteiger partial charge is 0.481 e. The summed E-state index contributed by atoms with van der Waals surface area (Å²) in [7, 11) is 0. The number of carboxylic acids is 1. The monoisotopic (exact) mass is 537 g/mol. The van der Waals surface area contributed by atoms with Gasteiger partial charge in [0.05, 0.1) is 23.9 Å². The van der Waals surface area contributed by atoms with Crippen molar-refractivity contribution in [2.24, 2.45) is 11.8 Å². The summed E-state index contributed by atoms with van der Waals surface area (Å²) in [5, 5.41) is 14.4. The van der Waals surface area contributed by atoms with Crippen LogP contribution in [-0.4, -0.2) is 36.6 Å². The molecule has 1 atom stereocenters. The molecule has 0 radical (unpaired) electrons. The Labute approximate surface area is 229 Å². The van der Waals surface area contributed by atoms with Gasteiger partial charge in [-0.25, -0.2) is 19.3 Å². The van der Waals surface area contributed by atoms with Gasteiger partial charge in [-0.05, 0) is 49.3 Å². The van der Waals surface area contributed by atoms with Crippen LogP contribution in [0.4, 0.5) is 10.2 Å². The molecule has 5 aromatic rings. The molecule has 1 unspecified atom stereocenters. The predicted octanol–water partition coefficient (Wildman–Crippen LogP) is 6.92. The van der Waals surface area contributed by atoms with Crippen molar-refractivity contribution < 1.29 is 18.7 Å². The zero-order valence-electron chi connectivity index (χ0n) is 21.7. The topological polar surface area (TPSA) is 117 Å². The highest BCUT2D eigenvalue weighted by Gasteiger charge is 2.52. The SMILES string of the molecule is O=C(O)C1C2CCCC1(Nc1cc(-c3cc(-c4ccccc4)co3)nc(-c3c[nH]c4ncc(F)cc34)n1)CCC2. The second-order valence-corrected chi connectivity index (χ2v) is 10.9. The molecule has 9 heteroatoms. The number of nitrogens with one attached hydrogen (secondary N) is 2. The molecule has 2 bridgehead atoms. The maximum absolute atomic E-state index is 14.2. The lowest BCUT2D eigenvalue weighted by molar-refractivity contribution is -0.149. The van der Waals surface area contributed by atoms with Gasteiger partial charge in [-0.15, -0.1) is 0 Å². The zero-order valence-corrected chi connectivity index (χ0v) is 21.7. The fraction of sp³-hybridized carbons (Fsp3) is 0.290. The second kappa shape index (κ2) is 9.59. The van der Waals surface area contributed by atoms with Crippen LogP contribution in [0.25, 0.3) is 45.0 Å². The number of carboxylic acid groups (broad SMARTS) is 1. The Kier molecular flexibility index (Phi) is 5.87. The van der Waals surface area contributed by atoms with Gasteiger partial charge < -0.3 is 19.8 Å². The van der Waals surface area contributed by atoms with Crippen LogP contribution in [0.5, 0.6) is 0 Å². The van der Waals surface area contributed by atoms with Gasteiger partial charge in [0.2, 0.25) is 0 Å². The van der Waals surface area contributed by atoms with E-state index in [0.29, 0.717) is 39.7 Å². The molecule has 2 fully saturated rings. The molecular weight excluding hydrogens is 509 g/mol. The molecular formula is C31H28FN5O3. The van der Waals surface area contributed by atoms with Crippen molar-refractivity contribution in [2.45, 2.75) is 44.1 Å². The van der Waals surface area contributed by atoms with Gasteiger partial charge in [0, 0.05) is 28.8 Å². The third kappa shape index (κ3) is 4.22. The van der Waals surface area contributed by atoms with E-state index < -0.39 is 23.2 Å². The van der Waals surface area contributed by atoms with E-state index in [-0.39, 0.29) is 5.92 Å². The Bertz CT molecular complexity index is 1700. The number of furan rings is 1. The van der Waals surface area contributed by atoms with E-state index in [9.17, 15) is 14.3 Å². The number of benzene rings is 1. The number of aromatic amines is 1. The van der Waals surface area contributed by atoms with E-state index in [2.05, 4.69) is 15.3 Å². The lowest BCUT2D eigenvalue weighted by Crippen LogP contribution is -2.56. The number of nitrogens with zero attached hydrogens (tertiary/aromatic N) is 3. The Morgan fingerprint density at radius 2 is 1.88 bits per heavy atom. The van der Waals surface area contributed by atoms with Crippen molar-refractivity contribution in [2.75, 3.05) is 5.32 Å². The average Bonchev–Trinajstić information content (AvgIpc) is 3.61. The molecule has 2 aliphatic rings. The minimum absolute atomic E-state index is 0.148. The summed E-state index contributed by atoms with van der Waals surface area (Å²) in [5.41, 5.74) is 3.00. The number of aliphatic carboxylic acids is 1. The van der Waals surface area contributed by atoms with Crippen LogP contribution in [0.15, 0.2) is 71.6 Å². The number of rotatable bonds is 6. The van der Waals surface area contributed by atoms with Crippen LogP contribution in [0.2, 0.25) is 0 Å². The number of halogens is 1. The van der Waals surface area contributed by atoms with Gasteiger partial charge in [-0.2, -0.15) is 0 Å². The zero-order chi connectivity index (χ0) is 27.3. The number of hydrogen-bond acceptors (Lipinski definition) is 6. The van der Waals surface area contributed by atoms with E-state index in [1.54, 1.807) is 12.5 Å². The maximum atomic E-state index is 14.2. The molecule has 2 aliphatic carbocycles. The van der Waals surface area contributed by atoms with E-state index >= 15 is 0 Å². The van der Waals surface area contributed by atoms with Crippen molar-refractivity contribution in [3.05, 3.63) is 73.0 Å². The molecule has 0 amide bonds. The fourth-order valence-corrected chi connectivity index (χ4v) is 6.79. The molecule has 1 aromatic carbocycles. The summed E-state index contributed by atoms with van der Waals surface area (Å²) in [4.78, 5) is 29.4. The van der Waals surface area contributed by atoms with Crippen LogP contribution < -0.4 is 5.32 Å². The number of anilines is 1. The minimum Gasteiger partial charge on any atom is -0.481 e.